The van der Waals surface area contributed by atoms with Gasteiger partial charge in [-0.1, -0.05) is 6.92 Å². The molecule has 6 nitrogen and oxygen atoms in total. The monoisotopic (exact) mass is 371 g/mol. The van der Waals surface area contributed by atoms with Gasteiger partial charge >= 0.3 is 0 Å². The lowest BCUT2D eigenvalue weighted by Crippen LogP contribution is -2.45. The van der Waals surface area contributed by atoms with Crippen molar-refractivity contribution in [3.8, 4) is 0 Å². The Morgan fingerprint density at radius 2 is 2.08 bits per heavy atom. The number of rotatable bonds is 3. The summed E-state index contributed by atoms with van der Waals surface area (Å²) in [7, 11) is 1.81. The van der Waals surface area contributed by atoms with Crippen LogP contribution in [0.3, 0.4) is 0 Å². The largest absolute Gasteiger partial charge is 0.299 e. The molecule has 0 bridgehead atoms. The number of likely N-dealkylation sites (N-methyl/N-ethyl adjacent to an activating group) is 1. The quantitative estimate of drug-likeness (QED) is 0.830. The highest BCUT2D eigenvalue weighted by molar-refractivity contribution is 7.09. The van der Waals surface area contributed by atoms with Gasteiger partial charge in [0.15, 0.2) is 0 Å². The summed E-state index contributed by atoms with van der Waals surface area (Å²) in [6, 6.07) is 0. The van der Waals surface area contributed by atoms with Gasteiger partial charge in [-0.25, -0.2) is 15.0 Å². The first-order valence-corrected chi connectivity index (χ1v) is 10.0. The Labute approximate surface area is 158 Å². The number of aromatic nitrogens is 3. The normalized spacial score (nSPS) is 23.5. The van der Waals surface area contributed by atoms with Gasteiger partial charge in [-0.3, -0.25) is 14.6 Å². The molecule has 4 heterocycles. The van der Waals surface area contributed by atoms with E-state index in [9.17, 15) is 4.79 Å². The van der Waals surface area contributed by atoms with Crippen LogP contribution in [0, 0.1) is 13.8 Å². The summed E-state index contributed by atoms with van der Waals surface area (Å²) < 4.78 is 0. The van der Waals surface area contributed by atoms with Crippen LogP contribution < -0.4 is 4.90 Å². The third kappa shape index (κ3) is 2.93. The molecule has 0 N–H and O–H groups in total. The van der Waals surface area contributed by atoms with E-state index in [2.05, 4.69) is 23.7 Å². The van der Waals surface area contributed by atoms with Gasteiger partial charge in [0, 0.05) is 41.7 Å². The lowest BCUT2D eigenvalue weighted by atomic mass is 9.80. The van der Waals surface area contributed by atoms with Crippen LogP contribution in [0.4, 0.5) is 5.82 Å². The highest BCUT2D eigenvalue weighted by atomic mass is 32.1. The molecule has 1 fully saturated rings. The Hall–Kier alpha value is -1.86. The maximum atomic E-state index is 12.1. The van der Waals surface area contributed by atoms with Crippen molar-refractivity contribution in [1.82, 2.24) is 19.9 Å². The van der Waals surface area contributed by atoms with Crippen molar-refractivity contribution in [2.45, 2.75) is 52.0 Å². The van der Waals surface area contributed by atoms with E-state index in [1.54, 1.807) is 16.2 Å². The molecule has 0 saturated carbocycles. The average Bonchev–Trinajstić information content (AvgIpc) is 3.12. The number of carbonyl (C=O) groups is 1. The van der Waals surface area contributed by atoms with Gasteiger partial charge in [-0.15, -0.1) is 11.3 Å². The fraction of sp³-hybridized carbons (Fsp3) is 0.579. The predicted octanol–water partition coefficient (Wildman–Crippen LogP) is 2.62. The van der Waals surface area contributed by atoms with Gasteiger partial charge in [0.1, 0.15) is 11.6 Å². The zero-order valence-corrected chi connectivity index (χ0v) is 16.7. The van der Waals surface area contributed by atoms with Crippen molar-refractivity contribution in [2.24, 2.45) is 0 Å². The standard InChI is InChI=1S/C19H25N5OS/c1-12-14-8-16(25)23(4)17(14)22-18(21-12)19(3)6-5-7-24(10-19)9-15-13(2)20-11-26-15/h11H,5-10H2,1-4H3. The minimum Gasteiger partial charge on any atom is -0.299 e. The molecule has 1 amide bonds. The summed E-state index contributed by atoms with van der Waals surface area (Å²) >= 11 is 1.73. The minimum atomic E-state index is -0.0941. The summed E-state index contributed by atoms with van der Waals surface area (Å²) in [6.07, 6.45) is 2.62. The summed E-state index contributed by atoms with van der Waals surface area (Å²) in [5.74, 6) is 1.78. The van der Waals surface area contributed by atoms with E-state index in [0.29, 0.717) is 6.42 Å². The maximum absolute atomic E-state index is 12.1. The number of anilines is 1. The number of fused-ring (bicyclic) bond motifs is 1. The first-order chi connectivity index (χ1) is 12.4. The molecular weight excluding hydrogens is 346 g/mol. The Morgan fingerprint density at radius 3 is 2.81 bits per heavy atom. The molecule has 0 aromatic carbocycles. The van der Waals surface area contributed by atoms with Crippen LogP contribution in [0.1, 0.15) is 47.4 Å². The fourth-order valence-electron chi connectivity index (χ4n) is 4.07. The number of likely N-dealkylation sites (tertiary alicyclic amines) is 1. The molecule has 0 radical (unpaired) electrons. The van der Waals surface area contributed by atoms with Crippen molar-refractivity contribution in [2.75, 3.05) is 25.0 Å². The van der Waals surface area contributed by atoms with E-state index in [1.807, 2.05) is 19.5 Å². The molecule has 2 aliphatic heterocycles. The van der Waals surface area contributed by atoms with E-state index in [-0.39, 0.29) is 11.3 Å². The van der Waals surface area contributed by atoms with Gasteiger partial charge in [-0.05, 0) is 33.2 Å². The first kappa shape index (κ1) is 17.5. The minimum absolute atomic E-state index is 0.0941. The average molecular weight is 372 g/mol. The Balaban J connectivity index is 1.61. The summed E-state index contributed by atoms with van der Waals surface area (Å²) in [4.78, 5) is 31.6. The van der Waals surface area contributed by atoms with E-state index < -0.39 is 0 Å². The lowest BCUT2D eigenvalue weighted by molar-refractivity contribution is -0.117. The number of hydrogen-bond donors (Lipinski definition) is 0. The van der Waals surface area contributed by atoms with Gasteiger partial charge in [0.2, 0.25) is 5.91 Å². The number of thiazole rings is 1. The number of carbonyl (C=O) groups excluding carboxylic acids is 1. The van der Waals surface area contributed by atoms with Gasteiger partial charge in [-0.2, -0.15) is 0 Å². The Bertz CT molecular complexity index is 864. The van der Waals surface area contributed by atoms with E-state index in [0.717, 1.165) is 61.1 Å². The number of nitrogens with zero attached hydrogens (tertiary/aromatic N) is 5. The van der Waals surface area contributed by atoms with Crippen LogP contribution in [0.2, 0.25) is 0 Å². The molecule has 2 aromatic rings. The van der Waals surface area contributed by atoms with Gasteiger partial charge in [0.25, 0.3) is 0 Å². The fourth-order valence-corrected chi connectivity index (χ4v) is 4.88. The third-order valence-electron chi connectivity index (χ3n) is 5.74. The van der Waals surface area contributed by atoms with Gasteiger partial charge in [0.05, 0.1) is 17.6 Å². The number of piperidine rings is 1. The molecule has 2 aliphatic rings. The van der Waals surface area contributed by atoms with E-state index in [4.69, 9.17) is 9.97 Å². The van der Waals surface area contributed by atoms with Crippen LogP contribution in [0.5, 0.6) is 0 Å². The molecule has 4 rings (SSSR count). The topological polar surface area (TPSA) is 62.2 Å². The molecule has 1 atom stereocenters. The molecule has 2 aromatic heterocycles. The molecule has 1 unspecified atom stereocenters. The molecule has 138 valence electrons. The van der Waals surface area contributed by atoms with Crippen LogP contribution in [0.25, 0.3) is 0 Å². The van der Waals surface area contributed by atoms with Crippen molar-refractivity contribution in [3.05, 3.63) is 33.2 Å². The van der Waals surface area contributed by atoms with Crippen molar-refractivity contribution >= 4 is 23.1 Å². The van der Waals surface area contributed by atoms with Crippen LogP contribution in [-0.2, 0) is 23.2 Å². The van der Waals surface area contributed by atoms with Crippen molar-refractivity contribution < 1.29 is 4.79 Å². The van der Waals surface area contributed by atoms with Crippen LogP contribution in [-0.4, -0.2) is 45.9 Å². The highest BCUT2D eigenvalue weighted by Crippen LogP contribution is 2.36. The maximum Gasteiger partial charge on any atom is 0.232 e. The second-order valence-corrected chi connectivity index (χ2v) is 8.74. The Kier molecular flexibility index (Phi) is 4.31. The predicted molar refractivity (Wildman–Crippen MR) is 103 cm³/mol. The molecular formula is C19H25N5OS. The number of amides is 1. The SMILES string of the molecule is Cc1ncsc1CN1CCCC(C)(c2nc(C)c3c(n2)N(C)C(=O)C3)C1. The van der Waals surface area contributed by atoms with E-state index >= 15 is 0 Å². The number of aryl methyl sites for hydroxylation is 2. The Morgan fingerprint density at radius 1 is 1.27 bits per heavy atom. The summed E-state index contributed by atoms with van der Waals surface area (Å²) in [6.45, 7) is 9.30. The summed E-state index contributed by atoms with van der Waals surface area (Å²) in [5.41, 5.74) is 4.89. The molecule has 0 aliphatic carbocycles. The highest BCUT2D eigenvalue weighted by Gasteiger charge is 2.38. The zero-order valence-electron chi connectivity index (χ0n) is 15.9. The first-order valence-electron chi connectivity index (χ1n) is 9.13. The molecule has 7 heteroatoms. The molecule has 1 saturated heterocycles. The van der Waals surface area contributed by atoms with Crippen molar-refractivity contribution in [1.29, 1.82) is 0 Å². The summed E-state index contributed by atoms with van der Waals surface area (Å²) in [5, 5.41) is 0. The lowest BCUT2D eigenvalue weighted by Gasteiger charge is -2.39. The van der Waals surface area contributed by atoms with Gasteiger partial charge < -0.3 is 0 Å². The van der Waals surface area contributed by atoms with Crippen LogP contribution >= 0.6 is 11.3 Å². The number of hydrogen-bond acceptors (Lipinski definition) is 6. The van der Waals surface area contributed by atoms with Crippen LogP contribution in [0.15, 0.2) is 5.51 Å². The molecule has 26 heavy (non-hydrogen) atoms. The van der Waals surface area contributed by atoms with Crippen molar-refractivity contribution in [3.63, 3.8) is 0 Å². The smallest absolute Gasteiger partial charge is 0.232 e. The zero-order chi connectivity index (χ0) is 18.5. The third-order valence-corrected chi connectivity index (χ3v) is 6.66. The van der Waals surface area contributed by atoms with E-state index in [1.165, 1.54) is 4.88 Å². The molecule has 0 spiro atoms. The second kappa shape index (κ2) is 6.39. The second-order valence-electron chi connectivity index (χ2n) is 7.80.